The summed E-state index contributed by atoms with van der Waals surface area (Å²) in [6.45, 7) is 3.94. The Kier molecular flexibility index (Phi) is 13.4. The number of alkyl carbamates (subject to hydrolysis) is 1. The van der Waals surface area contributed by atoms with Gasteiger partial charge in [-0.3, -0.25) is 9.59 Å². The number of aliphatic hydroxyl groups excluding tert-OH is 1. The van der Waals surface area contributed by atoms with Crippen LogP contribution in [-0.2, 0) is 27.4 Å². The van der Waals surface area contributed by atoms with E-state index in [1.54, 1.807) is 12.1 Å². The van der Waals surface area contributed by atoms with Crippen LogP contribution in [0.1, 0.15) is 75.4 Å². The number of hydrogen-bond acceptors (Lipinski definition) is 7. The Morgan fingerprint density at radius 1 is 0.867 bits per heavy atom. The summed E-state index contributed by atoms with van der Waals surface area (Å²) in [4.78, 5) is 40.3. The lowest BCUT2D eigenvalue weighted by atomic mass is 9.83. The van der Waals surface area contributed by atoms with Crippen molar-refractivity contribution in [2.45, 2.75) is 94.2 Å². The Hall–Kier alpha value is -3.76. The molecule has 1 saturated carbocycles. The van der Waals surface area contributed by atoms with Gasteiger partial charge in [-0.1, -0.05) is 107 Å². The number of carbonyl (C=O) groups is 3. The van der Waals surface area contributed by atoms with Gasteiger partial charge in [-0.05, 0) is 35.6 Å². The van der Waals surface area contributed by atoms with Gasteiger partial charge in [0.15, 0.2) is 5.37 Å². The molecule has 1 unspecified atom stereocenters. The summed E-state index contributed by atoms with van der Waals surface area (Å²) in [5, 5.41) is 18.9. The second kappa shape index (κ2) is 17.7. The normalized spacial score (nSPS) is 16.3. The number of nitrogens with one attached hydrogen (secondary N) is 3. The first-order valence-electron chi connectivity index (χ1n) is 15.8. The van der Waals surface area contributed by atoms with Gasteiger partial charge in [0.25, 0.3) is 5.91 Å². The van der Waals surface area contributed by atoms with E-state index in [2.05, 4.69) is 16.0 Å². The second-order valence-corrected chi connectivity index (χ2v) is 13.5. The maximum atomic E-state index is 13.8. The van der Waals surface area contributed by atoms with E-state index in [4.69, 9.17) is 9.15 Å². The fourth-order valence-electron chi connectivity index (χ4n) is 5.59. The molecule has 4 N–H and O–H groups in total. The zero-order chi connectivity index (χ0) is 32.0. The van der Waals surface area contributed by atoms with Gasteiger partial charge in [0, 0.05) is 11.7 Å². The van der Waals surface area contributed by atoms with Crippen molar-refractivity contribution >= 4 is 29.7 Å². The van der Waals surface area contributed by atoms with Crippen LogP contribution >= 0.6 is 11.8 Å². The predicted molar refractivity (Wildman–Crippen MR) is 175 cm³/mol. The van der Waals surface area contributed by atoms with Crippen molar-refractivity contribution < 1.29 is 28.6 Å². The molecule has 3 amide bonds. The Balaban J connectivity index is 1.47. The Bertz CT molecular complexity index is 1320. The third-order valence-corrected chi connectivity index (χ3v) is 9.03. The molecule has 10 heteroatoms. The van der Waals surface area contributed by atoms with Crippen LogP contribution in [0.3, 0.4) is 0 Å². The molecular weight excluding hydrogens is 590 g/mol. The number of hydrogen-bond donors (Lipinski definition) is 4. The maximum Gasteiger partial charge on any atom is 0.408 e. The van der Waals surface area contributed by atoms with Crippen LogP contribution in [-0.4, -0.2) is 45.7 Å². The highest BCUT2D eigenvalue weighted by atomic mass is 32.2. The topological polar surface area (TPSA) is 130 Å². The number of rotatable bonds is 15. The number of ether oxygens (including phenoxy) is 1. The molecule has 4 rings (SSSR count). The number of aliphatic hydroxyl groups is 1. The first-order valence-corrected chi connectivity index (χ1v) is 16.7. The quantitative estimate of drug-likeness (QED) is 0.153. The predicted octanol–water partition coefficient (Wildman–Crippen LogP) is 5.89. The van der Waals surface area contributed by atoms with Crippen LogP contribution < -0.4 is 16.0 Å². The van der Waals surface area contributed by atoms with Crippen LogP contribution in [0.2, 0.25) is 0 Å². The zero-order valence-corrected chi connectivity index (χ0v) is 26.8. The summed E-state index contributed by atoms with van der Waals surface area (Å²) in [5.41, 5.74) is 1.66. The zero-order valence-electron chi connectivity index (χ0n) is 26.0. The third-order valence-electron chi connectivity index (χ3n) is 7.88. The molecule has 0 spiro atoms. The lowest BCUT2D eigenvalue weighted by Crippen LogP contribution is -2.55. The van der Waals surface area contributed by atoms with E-state index < -0.39 is 41.5 Å². The lowest BCUT2D eigenvalue weighted by molar-refractivity contribution is -0.129. The molecule has 45 heavy (non-hydrogen) atoms. The second-order valence-electron chi connectivity index (χ2n) is 11.8. The van der Waals surface area contributed by atoms with Crippen LogP contribution in [0.25, 0.3) is 0 Å². The molecule has 0 aliphatic heterocycles. The molecule has 242 valence electrons. The van der Waals surface area contributed by atoms with Crippen molar-refractivity contribution in [1.82, 2.24) is 16.0 Å². The van der Waals surface area contributed by atoms with E-state index in [0.717, 1.165) is 36.8 Å². The maximum absolute atomic E-state index is 13.8. The molecule has 1 aliphatic carbocycles. The van der Waals surface area contributed by atoms with Gasteiger partial charge < -0.3 is 30.2 Å². The average Bonchev–Trinajstić information content (AvgIpc) is 3.59. The van der Waals surface area contributed by atoms with Crippen molar-refractivity contribution in [1.29, 1.82) is 0 Å². The monoisotopic (exact) mass is 635 g/mol. The number of thioether (sulfide) groups is 1. The van der Waals surface area contributed by atoms with Gasteiger partial charge in [-0.2, -0.15) is 0 Å². The van der Waals surface area contributed by atoms with Gasteiger partial charge in [-0.25, -0.2) is 4.79 Å². The van der Waals surface area contributed by atoms with Gasteiger partial charge in [-0.15, -0.1) is 11.8 Å². The molecule has 2 aromatic carbocycles. The summed E-state index contributed by atoms with van der Waals surface area (Å²) >= 11 is 1.29. The minimum atomic E-state index is -1.03. The molecule has 0 saturated heterocycles. The van der Waals surface area contributed by atoms with Crippen molar-refractivity contribution in [3.63, 3.8) is 0 Å². The summed E-state index contributed by atoms with van der Waals surface area (Å²) in [5.74, 6) is -0.173. The smallest absolute Gasteiger partial charge is 0.408 e. The molecule has 1 aliphatic rings. The van der Waals surface area contributed by atoms with Crippen LogP contribution in [0.4, 0.5) is 4.79 Å². The van der Waals surface area contributed by atoms with Crippen LogP contribution in [0.15, 0.2) is 83.5 Å². The van der Waals surface area contributed by atoms with Crippen molar-refractivity contribution in [3.05, 3.63) is 95.9 Å². The largest absolute Gasteiger partial charge is 0.467 e. The number of carbonyl (C=O) groups excluding carboxylic acids is 3. The van der Waals surface area contributed by atoms with Crippen molar-refractivity contribution in [2.24, 2.45) is 5.92 Å². The molecule has 1 heterocycles. The highest BCUT2D eigenvalue weighted by Crippen LogP contribution is 2.31. The van der Waals surface area contributed by atoms with Gasteiger partial charge in [0.2, 0.25) is 5.91 Å². The van der Waals surface area contributed by atoms with E-state index in [1.165, 1.54) is 24.4 Å². The molecule has 4 atom stereocenters. The molecule has 1 fully saturated rings. The first-order chi connectivity index (χ1) is 21.8. The highest BCUT2D eigenvalue weighted by molar-refractivity contribution is 8.01. The molecular formula is C35H45N3O6S. The first kappa shape index (κ1) is 34.1. The lowest BCUT2D eigenvalue weighted by Gasteiger charge is -2.31. The van der Waals surface area contributed by atoms with Crippen molar-refractivity contribution in [2.75, 3.05) is 0 Å². The Labute approximate surface area is 269 Å². The van der Waals surface area contributed by atoms with Crippen molar-refractivity contribution in [3.8, 4) is 0 Å². The molecule has 1 aromatic heterocycles. The molecule has 0 bridgehead atoms. The van der Waals surface area contributed by atoms with Crippen LogP contribution in [0.5, 0.6) is 0 Å². The summed E-state index contributed by atoms with van der Waals surface area (Å²) in [6.07, 6.45) is 6.10. The van der Waals surface area contributed by atoms with E-state index in [0.29, 0.717) is 18.1 Å². The van der Waals surface area contributed by atoms with Crippen LogP contribution in [0, 0.1) is 5.92 Å². The van der Waals surface area contributed by atoms with Gasteiger partial charge in [0.05, 0.1) is 12.3 Å². The Morgan fingerprint density at radius 3 is 2.16 bits per heavy atom. The average molecular weight is 636 g/mol. The van der Waals surface area contributed by atoms with E-state index in [-0.39, 0.29) is 18.3 Å². The summed E-state index contributed by atoms with van der Waals surface area (Å²) in [7, 11) is 0. The molecule has 3 aromatic rings. The fraction of sp³-hybridized carbons (Fsp3) is 0.457. The molecule has 0 radical (unpaired) electrons. The third kappa shape index (κ3) is 11.3. The number of benzene rings is 2. The van der Waals surface area contributed by atoms with Gasteiger partial charge >= 0.3 is 6.09 Å². The fourth-order valence-corrected chi connectivity index (χ4v) is 6.51. The van der Waals surface area contributed by atoms with Gasteiger partial charge in [0.1, 0.15) is 24.5 Å². The standard InChI is InChI=1S/C35H45N3O6S/c1-24(2)45-34(33(41)36-28(21-25-13-6-3-7-14-25)31(39)30-19-12-20-43-30)38-32(40)29(22-26-15-8-4-9-16-26)37-35(42)44-23-27-17-10-5-11-18-27/h4-5,8-12,15-20,24-25,28-29,31,34,39H,3,6-7,13-14,21-23H2,1-2H3,(H,36,41)(H,37,42)(H,38,40)/t28-,29-,31+,34?/m0/s1. The number of amides is 3. The SMILES string of the molecule is CC(C)SC(NC(=O)[C@H](Cc1ccccc1)NC(=O)OCc1ccccc1)C(=O)N[C@@H](CC1CCCCC1)[C@@H](O)c1ccco1. The van der Waals surface area contributed by atoms with E-state index in [9.17, 15) is 19.5 Å². The minimum absolute atomic E-state index is 0.00390. The summed E-state index contributed by atoms with van der Waals surface area (Å²) in [6, 6.07) is 20.4. The summed E-state index contributed by atoms with van der Waals surface area (Å²) < 4.78 is 10.9. The van der Waals surface area contributed by atoms with E-state index >= 15 is 0 Å². The number of furan rings is 1. The highest BCUT2D eigenvalue weighted by Gasteiger charge is 2.33. The van der Waals surface area contributed by atoms with E-state index in [1.807, 2.05) is 74.5 Å². The Morgan fingerprint density at radius 2 is 1.53 bits per heavy atom. The molecule has 9 nitrogen and oxygen atoms in total. The minimum Gasteiger partial charge on any atom is -0.467 e.